The number of halogens is 3. The lowest BCUT2D eigenvalue weighted by Gasteiger charge is -2.31. The monoisotopic (exact) mass is 559 g/mol. The number of hydrogen-bond donors (Lipinski definition) is 3. The largest absolute Gasteiger partial charge is 0.367 e. The van der Waals surface area contributed by atoms with Gasteiger partial charge in [-0.1, -0.05) is 57.3 Å². The molecule has 174 valence electrons. The second-order valence-electron chi connectivity index (χ2n) is 8.07. The molecule has 2 atom stereocenters. The summed E-state index contributed by atoms with van der Waals surface area (Å²) >= 11 is 15.8. The standard InChI is InChI=1S/C25H20BrCl2N3O3/c1-14(13-32)29-23(33)19-7-5-16(26)10-21(19)31-25(12-15-3-2-4-17(27)9-15)20-8-6-18(28)11-22(20)30-24(25)34/h2-11,13-14,31H,12H2,1H3,(H,29,33)(H,30,34)/t14-,25?/m1/s1. The van der Waals surface area contributed by atoms with E-state index in [4.69, 9.17) is 23.2 Å². The van der Waals surface area contributed by atoms with Crippen molar-refractivity contribution in [3.05, 3.63) is 91.9 Å². The van der Waals surface area contributed by atoms with Crippen molar-refractivity contribution in [2.75, 3.05) is 10.6 Å². The summed E-state index contributed by atoms with van der Waals surface area (Å²) in [6, 6.07) is 16.9. The second kappa shape index (κ2) is 9.78. The number of anilines is 2. The summed E-state index contributed by atoms with van der Waals surface area (Å²) in [5.41, 5.74) is 1.56. The van der Waals surface area contributed by atoms with Crippen molar-refractivity contribution < 1.29 is 14.4 Å². The van der Waals surface area contributed by atoms with Crippen molar-refractivity contribution in [3.63, 3.8) is 0 Å². The second-order valence-corrected chi connectivity index (χ2v) is 9.86. The van der Waals surface area contributed by atoms with Crippen molar-refractivity contribution in [2.45, 2.75) is 24.9 Å². The first-order valence-electron chi connectivity index (χ1n) is 10.4. The van der Waals surface area contributed by atoms with E-state index in [-0.39, 0.29) is 17.9 Å². The number of benzene rings is 3. The third-order valence-electron chi connectivity index (χ3n) is 5.57. The fourth-order valence-corrected chi connectivity index (χ4v) is 4.75. The van der Waals surface area contributed by atoms with E-state index in [2.05, 4.69) is 31.9 Å². The summed E-state index contributed by atoms with van der Waals surface area (Å²) in [5.74, 6) is -0.737. The van der Waals surface area contributed by atoms with Gasteiger partial charge in [-0.25, -0.2) is 0 Å². The molecule has 3 aromatic rings. The first-order valence-corrected chi connectivity index (χ1v) is 12.0. The van der Waals surface area contributed by atoms with Gasteiger partial charge in [0.2, 0.25) is 0 Å². The number of rotatable bonds is 7. The zero-order valence-electron chi connectivity index (χ0n) is 18.0. The molecule has 2 amide bonds. The SMILES string of the molecule is C[C@H](C=O)NC(=O)c1ccc(Br)cc1NC1(Cc2cccc(Cl)c2)C(=O)Nc2cc(Cl)ccc21. The van der Waals surface area contributed by atoms with Crippen LogP contribution in [0.4, 0.5) is 11.4 Å². The lowest BCUT2D eigenvalue weighted by atomic mass is 9.84. The normalized spacial score (nSPS) is 17.5. The number of nitrogens with one attached hydrogen (secondary N) is 3. The van der Waals surface area contributed by atoms with Crippen molar-refractivity contribution >= 4 is 68.6 Å². The maximum absolute atomic E-state index is 13.5. The van der Waals surface area contributed by atoms with E-state index in [1.807, 2.05) is 12.1 Å². The van der Waals surface area contributed by atoms with Crippen LogP contribution in [0.1, 0.15) is 28.4 Å². The highest BCUT2D eigenvalue weighted by molar-refractivity contribution is 9.10. The molecule has 3 N–H and O–H groups in total. The van der Waals surface area contributed by atoms with E-state index >= 15 is 0 Å². The first-order chi connectivity index (χ1) is 16.2. The van der Waals surface area contributed by atoms with Gasteiger partial charge in [-0.15, -0.1) is 0 Å². The van der Waals surface area contributed by atoms with Crippen molar-refractivity contribution in [1.29, 1.82) is 0 Å². The van der Waals surface area contributed by atoms with Gasteiger partial charge in [-0.2, -0.15) is 0 Å². The highest BCUT2D eigenvalue weighted by atomic mass is 79.9. The molecule has 1 unspecified atom stereocenters. The predicted octanol–water partition coefficient (Wildman–Crippen LogP) is 5.58. The molecule has 1 heterocycles. The van der Waals surface area contributed by atoms with Crippen LogP contribution in [0.5, 0.6) is 0 Å². The summed E-state index contributed by atoms with van der Waals surface area (Å²) in [4.78, 5) is 37.5. The highest BCUT2D eigenvalue weighted by Crippen LogP contribution is 2.43. The number of aldehydes is 1. The minimum atomic E-state index is -1.25. The van der Waals surface area contributed by atoms with Gasteiger partial charge in [0.1, 0.15) is 11.8 Å². The van der Waals surface area contributed by atoms with Crippen LogP contribution in [0.2, 0.25) is 10.0 Å². The van der Waals surface area contributed by atoms with Gasteiger partial charge in [0.15, 0.2) is 0 Å². The molecule has 0 spiro atoms. The number of hydrogen-bond acceptors (Lipinski definition) is 4. The number of carbonyl (C=O) groups excluding carboxylic acids is 3. The summed E-state index contributed by atoms with van der Waals surface area (Å²) in [6.07, 6.45) is 0.904. The average Bonchev–Trinajstić information content (AvgIpc) is 3.03. The quantitative estimate of drug-likeness (QED) is 0.329. The zero-order chi connectivity index (χ0) is 24.5. The topological polar surface area (TPSA) is 87.3 Å². The van der Waals surface area contributed by atoms with Gasteiger partial charge >= 0.3 is 0 Å². The third kappa shape index (κ3) is 4.82. The number of fused-ring (bicyclic) bond motifs is 1. The third-order valence-corrected chi connectivity index (χ3v) is 6.54. The molecule has 9 heteroatoms. The van der Waals surface area contributed by atoms with Crippen LogP contribution in [-0.2, 0) is 21.5 Å². The van der Waals surface area contributed by atoms with Gasteiger partial charge in [0.05, 0.1) is 11.6 Å². The van der Waals surface area contributed by atoms with Gasteiger partial charge < -0.3 is 20.7 Å². The minimum Gasteiger partial charge on any atom is -0.367 e. The van der Waals surface area contributed by atoms with Crippen LogP contribution in [0, 0.1) is 0 Å². The Morgan fingerprint density at radius 1 is 1.12 bits per heavy atom. The minimum absolute atomic E-state index is 0.256. The van der Waals surface area contributed by atoms with E-state index in [1.165, 1.54) is 0 Å². The van der Waals surface area contributed by atoms with Crippen LogP contribution < -0.4 is 16.0 Å². The molecule has 0 saturated heterocycles. The fraction of sp³-hybridized carbons (Fsp3) is 0.160. The number of amides is 2. The predicted molar refractivity (Wildman–Crippen MR) is 138 cm³/mol. The molecular weight excluding hydrogens is 541 g/mol. The van der Waals surface area contributed by atoms with Crippen LogP contribution in [0.25, 0.3) is 0 Å². The molecular formula is C25H20BrCl2N3O3. The molecule has 0 aromatic heterocycles. The highest BCUT2D eigenvalue weighted by Gasteiger charge is 2.47. The Labute approximate surface area is 215 Å². The van der Waals surface area contributed by atoms with Gasteiger partial charge in [0, 0.05) is 37.9 Å². The van der Waals surface area contributed by atoms with Gasteiger partial charge in [-0.3, -0.25) is 9.59 Å². The van der Waals surface area contributed by atoms with Crippen molar-refractivity contribution in [3.8, 4) is 0 Å². The zero-order valence-corrected chi connectivity index (χ0v) is 21.1. The Hall–Kier alpha value is -2.87. The Kier molecular flexibility index (Phi) is 6.98. The maximum atomic E-state index is 13.5. The molecule has 1 aliphatic heterocycles. The average molecular weight is 561 g/mol. The summed E-state index contributed by atoms with van der Waals surface area (Å²) < 4.78 is 0.711. The molecule has 0 fully saturated rings. The maximum Gasteiger partial charge on any atom is 0.255 e. The molecule has 0 aliphatic carbocycles. The van der Waals surface area contributed by atoms with E-state index < -0.39 is 17.5 Å². The summed E-state index contributed by atoms with van der Waals surface area (Å²) in [7, 11) is 0. The summed E-state index contributed by atoms with van der Waals surface area (Å²) in [5, 5.41) is 9.94. The first kappa shape index (κ1) is 24.3. The van der Waals surface area contributed by atoms with E-state index in [0.717, 1.165) is 5.56 Å². The smallest absolute Gasteiger partial charge is 0.255 e. The van der Waals surface area contributed by atoms with E-state index in [1.54, 1.807) is 55.5 Å². The Balaban J connectivity index is 1.84. The Morgan fingerprint density at radius 2 is 1.88 bits per heavy atom. The van der Waals surface area contributed by atoms with Gasteiger partial charge in [0.25, 0.3) is 11.8 Å². The molecule has 4 rings (SSSR count). The fourth-order valence-electron chi connectivity index (χ4n) is 4.01. The molecule has 3 aromatic carbocycles. The summed E-state index contributed by atoms with van der Waals surface area (Å²) in [6.45, 7) is 1.59. The lowest BCUT2D eigenvalue weighted by Crippen LogP contribution is -2.45. The van der Waals surface area contributed by atoms with Crippen LogP contribution >= 0.6 is 39.1 Å². The molecule has 0 saturated carbocycles. The lowest BCUT2D eigenvalue weighted by molar-refractivity contribution is -0.120. The molecule has 34 heavy (non-hydrogen) atoms. The Bertz CT molecular complexity index is 1300. The van der Waals surface area contributed by atoms with Crippen molar-refractivity contribution in [1.82, 2.24) is 5.32 Å². The molecule has 1 aliphatic rings. The molecule has 6 nitrogen and oxygen atoms in total. The van der Waals surface area contributed by atoms with Crippen LogP contribution in [0.3, 0.4) is 0 Å². The van der Waals surface area contributed by atoms with Crippen LogP contribution in [0.15, 0.2) is 65.1 Å². The molecule has 0 bridgehead atoms. The van der Waals surface area contributed by atoms with E-state index in [9.17, 15) is 14.4 Å². The van der Waals surface area contributed by atoms with Gasteiger partial charge in [-0.05, 0) is 55.0 Å². The Morgan fingerprint density at radius 3 is 2.62 bits per heavy atom. The molecule has 0 radical (unpaired) electrons. The number of carbonyl (C=O) groups is 3. The van der Waals surface area contributed by atoms with Crippen LogP contribution in [-0.4, -0.2) is 24.1 Å². The van der Waals surface area contributed by atoms with E-state index in [0.29, 0.717) is 37.7 Å². The van der Waals surface area contributed by atoms with Crippen molar-refractivity contribution in [2.24, 2.45) is 0 Å².